The summed E-state index contributed by atoms with van der Waals surface area (Å²) in [5.41, 5.74) is 12.3. The molecule has 4 aromatic heterocycles. The van der Waals surface area contributed by atoms with Crippen LogP contribution in [0.3, 0.4) is 0 Å². The molecule has 9 aromatic rings. The maximum atomic E-state index is 13.3. The molecular weight excluding hydrogens is 993 g/mol. The molecule has 0 unspecified atom stereocenters. The fourth-order valence-electron chi connectivity index (χ4n) is 11.8. The monoisotopic (exact) mass is 1060 g/mol. The number of carbonyl (C=O) groups excluding carboxylic acids is 4. The number of nitrogens with zero attached hydrogens (tertiary/aromatic N) is 4. The summed E-state index contributed by atoms with van der Waals surface area (Å²) in [6.45, 7) is 8.92. The van der Waals surface area contributed by atoms with Crippen LogP contribution in [0.4, 0.5) is 9.59 Å². The topological polar surface area (TPSA) is 206 Å². The summed E-state index contributed by atoms with van der Waals surface area (Å²) < 4.78 is 11.2. The van der Waals surface area contributed by atoms with Gasteiger partial charge in [0, 0.05) is 70.3 Å². The highest BCUT2D eigenvalue weighted by molar-refractivity contribution is 5.94. The SMILES string of the molecule is CC(C)(C)OC(=O)N1CCC[C@H]1C(=O)Cc1ccc2[nH]c(-c3ccc4nc([C@@H]5CCCN5C(=O)OCc5ccccc5)[nH]c4c3)cc2c1.O=C(Cc1ccc2[nH]c(-c3ccc4nc([C@@H]5CCCN5)[nH]c4c3)cc2c1)[C@@H]1CCCN1. The molecule has 4 aliphatic rings. The van der Waals surface area contributed by atoms with Gasteiger partial charge in [-0.1, -0.05) is 54.6 Å². The average Bonchev–Trinajstić information content (AvgIpc) is 4.33. The predicted molar refractivity (Wildman–Crippen MR) is 306 cm³/mol. The minimum Gasteiger partial charge on any atom is -0.445 e. The lowest BCUT2D eigenvalue weighted by atomic mass is 10.0. The van der Waals surface area contributed by atoms with E-state index in [1.54, 1.807) is 9.80 Å². The fraction of sp³-hybridized carbons (Fsp3) is 0.365. The van der Waals surface area contributed by atoms with Gasteiger partial charge >= 0.3 is 12.2 Å². The van der Waals surface area contributed by atoms with E-state index in [9.17, 15) is 19.2 Å². The zero-order chi connectivity index (χ0) is 54.2. The molecule has 0 saturated carbocycles. The zero-order valence-corrected chi connectivity index (χ0v) is 45.1. The molecule has 4 atom stereocenters. The summed E-state index contributed by atoms with van der Waals surface area (Å²) in [5.74, 6) is 2.12. The third kappa shape index (κ3) is 11.4. The molecule has 4 aliphatic heterocycles. The van der Waals surface area contributed by atoms with Crippen LogP contribution in [0.15, 0.2) is 115 Å². The van der Waals surface area contributed by atoms with Crippen molar-refractivity contribution in [3.8, 4) is 22.5 Å². The Morgan fingerprint density at radius 2 is 1.16 bits per heavy atom. The molecule has 16 heteroatoms. The Labute approximate surface area is 458 Å². The molecule has 5 aromatic carbocycles. The van der Waals surface area contributed by atoms with Crippen molar-refractivity contribution in [1.29, 1.82) is 0 Å². The van der Waals surface area contributed by atoms with Crippen molar-refractivity contribution in [1.82, 2.24) is 50.3 Å². The van der Waals surface area contributed by atoms with Gasteiger partial charge in [0.05, 0.1) is 46.2 Å². The molecule has 8 heterocycles. The van der Waals surface area contributed by atoms with Crippen LogP contribution >= 0.6 is 0 Å². The standard InChI is InChI=1S/C38H41N5O5.C25H27N5O/c1-38(2,3)48-37(46)42-17-7-11-32(42)34(44)20-25-13-15-28-27(19-25)22-30(39-28)26-14-16-29-31(21-26)41-35(40-29)33-12-8-18-43(33)36(45)47-23-24-9-5-4-6-10-24;31-24(20-3-1-9-26-20)12-15-5-7-18-17(11-15)14-22(28-18)16-6-8-19-23(13-16)30-25(29-19)21-4-2-10-27-21/h4-6,9-10,13-16,19,21-22,32-33,39H,7-8,11-12,17-18,20,23H2,1-3H3,(H,40,41);5-8,11,13-14,20-21,26-28H,1-4,9-10,12H2,(H,29,30)/t32-,33-;20-,21-/m00/s1. The summed E-state index contributed by atoms with van der Waals surface area (Å²) in [6, 6.07) is 38.5. The Hall–Kier alpha value is -8.08. The highest BCUT2D eigenvalue weighted by atomic mass is 16.6. The van der Waals surface area contributed by atoms with E-state index in [1.807, 2.05) is 81.4 Å². The van der Waals surface area contributed by atoms with E-state index >= 15 is 0 Å². The molecule has 4 saturated heterocycles. The van der Waals surface area contributed by atoms with Crippen LogP contribution in [0.1, 0.15) is 113 Å². The van der Waals surface area contributed by atoms with E-state index in [0.717, 1.165) is 146 Å². The molecule has 0 bridgehead atoms. The highest BCUT2D eigenvalue weighted by Crippen LogP contribution is 2.35. The first-order valence-electron chi connectivity index (χ1n) is 28.1. The molecule has 4 fully saturated rings. The van der Waals surface area contributed by atoms with Crippen LogP contribution in [0.5, 0.6) is 0 Å². The number of carbonyl (C=O) groups is 4. The number of fused-ring (bicyclic) bond motifs is 4. The fourth-order valence-corrected chi connectivity index (χ4v) is 11.8. The van der Waals surface area contributed by atoms with Gasteiger partial charge < -0.3 is 40.0 Å². The molecule has 16 nitrogen and oxygen atoms in total. The average molecular weight is 1060 g/mol. The quantitative estimate of drug-likeness (QED) is 0.0682. The normalized spacial score (nSPS) is 19.4. The number of likely N-dealkylation sites (tertiary alicyclic amines) is 2. The molecular formula is C63H68N10O6. The maximum absolute atomic E-state index is 13.3. The van der Waals surface area contributed by atoms with Crippen molar-refractivity contribution < 1.29 is 28.7 Å². The minimum absolute atomic E-state index is 0.0271. The second-order valence-electron chi connectivity index (χ2n) is 22.7. The zero-order valence-electron chi connectivity index (χ0n) is 45.1. The van der Waals surface area contributed by atoms with Crippen molar-refractivity contribution in [2.45, 2.75) is 121 Å². The minimum atomic E-state index is -0.607. The van der Waals surface area contributed by atoms with Crippen molar-refractivity contribution in [2.24, 2.45) is 0 Å². The largest absolute Gasteiger partial charge is 0.445 e. The molecule has 0 spiro atoms. The maximum Gasteiger partial charge on any atom is 0.410 e. The van der Waals surface area contributed by atoms with Crippen LogP contribution in [-0.2, 0) is 38.5 Å². The number of imidazole rings is 2. The molecule has 2 amide bonds. The second-order valence-corrected chi connectivity index (χ2v) is 22.7. The number of ketones is 2. The summed E-state index contributed by atoms with van der Waals surface area (Å²) in [4.78, 5) is 78.6. The molecule has 6 N–H and O–H groups in total. The van der Waals surface area contributed by atoms with Gasteiger partial charge in [0.2, 0.25) is 0 Å². The van der Waals surface area contributed by atoms with Gasteiger partial charge in [-0.3, -0.25) is 19.4 Å². The van der Waals surface area contributed by atoms with Crippen LogP contribution in [0, 0.1) is 0 Å². The van der Waals surface area contributed by atoms with Crippen LogP contribution in [0.2, 0.25) is 0 Å². The smallest absolute Gasteiger partial charge is 0.410 e. The number of aromatic nitrogens is 6. The highest BCUT2D eigenvalue weighted by Gasteiger charge is 2.37. The summed E-state index contributed by atoms with van der Waals surface area (Å²) >= 11 is 0. The van der Waals surface area contributed by atoms with Gasteiger partial charge in [-0.2, -0.15) is 0 Å². The van der Waals surface area contributed by atoms with Crippen LogP contribution < -0.4 is 10.6 Å². The van der Waals surface area contributed by atoms with Crippen molar-refractivity contribution in [2.75, 3.05) is 26.2 Å². The van der Waals surface area contributed by atoms with Gasteiger partial charge in [-0.05, 0) is 163 Å². The lowest BCUT2D eigenvalue weighted by molar-refractivity contribution is -0.122. The lowest BCUT2D eigenvalue weighted by Crippen LogP contribution is -2.43. The predicted octanol–water partition coefficient (Wildman–Crippen LogP) is 11.7. The Kier molecular flexibility index (Phi) is 14.4. The number of nitrogens with one attached hydrogen (secondary N) is 6. The Morgan fingerprint density at radius 3 is 1.80 bits per heavy atom. The van der Waals surface area contributed by atoms with E-state index in [2.05, 4.69) is 85.2 Å². The van der Waals surface area contributed by atoms with Crippen molar-refractivity contribution in [3.63, 3.8) is 0 Å². The Balaban J connectivity index is 0.000000173. The van der Waals surface area contributed by atoms with E-state index < -0.39 is 17.7 Å². The number of hydrogen-bond acceptors (Lipinski definition) is 10. The molecule has 13 rings (SSSR count). The third-order valence-corrected chi connectivity index (χ3v) is 15.8. The van der Waals surface area contributed by atoms with Gasteiger partial charge in [-0.25, -0.2) is 19.6 Å². The number of H-pyrrole nitrogens is 4. The van der Waals surface area contributed by atoms with Gasteiger partial charge in [0.25, 0.3) is 0 Å². The summed E-state index contributed by atoms with van der Waals surface area (Å²) in [5, 5.41) is 8.96. The summed E-state index contributed by atoms with van der Waals surface area (Å²) in [6.07, 6.45) is 7.54. The van der Waals surface area contributed by atoms with Crippen LogP contribution in [0.25, 0.3) is 66.4 Å². The number of amides is 2. The van der Waals surface area contributed by atoms with E-state index in [4.69, 9.17) is 19.4 Å². The Bertz CT molecular complexity index is 3700. The van der Waals surface area contributed by atoms with E-state index in [1.165, 1.54) is 6.42 Å². The molecule has 0 radical (unpaired) electrons. The van der Waals surface area contributed by atoms with Crippen molar-refractivity contribution >= 4 is 67.6 Å². The number of benzene rings is 5. The van der Waals surface area contributed by atoms with Crippen molar-refractivity contribution in [3.05, 3.63) is 144 Å². The summed E-state index contributed by atoms with van der Waals surface area (Å²) in [7, 11) is 0. The molecule has 406 valence electrons. The third-order valence-electron chi connectivity index (χ3n) is 15.8. The lowest BCUT2D eigenvalue weighted by Gasteiger charge is -2.28. The number of ether oxygens (including phenoxy) is 2. The second kappa shape index (κ2) is 22.0. The molecule has 0 aliphatic carbocycles. The number of rotatable bonds is 12. The first-order chi connectivity index (χ1) is 38.3. The van der Waals surface area contributed by atoms with Gasteiger partial charge in [0.15, 0.2) is 11.6 Å². The van der Waals surface area contributed by atoms with E-state index in [0.29, 0.717) is 37.8 Å². The first kappa shape index (κ1) is 51.7. The van der Waals surface area contributed by atoms with Gasteiger partial charge in [0.1, 0.15) is 23.9 Å². The number of aromatic amines is 4. The number of Topliss-reactive ketones (excluding diaryl/α,β-unsaturated/α-hetero) is 2. The molecule has 79 heavy (non-hydrogen) atoms. The Morgan fingerprint density at radius 1 is 0.557 bits per heavy atom. The van der Waals surface area contributed by atoms with Gasteiger partial charge in [-0.15, -0.1) is 0 Å². The van der Waals surface area contributed by atoms with Crippen LogP contribution in [-0.4, -0.2) is 107 Å². The first-order valence-corrected chi connectivity index (χ1v) is 28.1. The van der Waals surface area contributed by atoms with E-state index in [-0.39, 0.29) is 37.0 Å². The number of hydrogen-bond donors (Lipinski definition) is 6.